The molecule has 0 atom stereocenters. The van der Waals surface area contributed by atoms with Crippen LogP contribution in [0.15, 0.2) is 30.4 Å². The predicted molar refractivity (Wildman–Crippen MR) is 64.2 cm³/mol. The number of methoxy groups -OCH3 is 1. The molecule has 0 heterocycles. The second-order valence-corrected chi connectivity index (χ2v) is 4.25. The first kappa shape index (κ1) is 10.6. The van der Waals surface area contributed by atoms with Gasteiger partial charge in [0.15, 0.2) is 0 Å². The number of hydrogen-bond donors (Lipinski definition) is 0. The van der Waals surface area contributed by atoms with Crippen LogP contribution >= 0.6 is 22.6 Å². The average Bonchev–Trinajstić information content (AvgIpc) is 2.08. The summed E-state index contributed by atoms with van der Waals surface area (Å²) in [5, 5.41) is 0. The van der Waals surface area contributed by atoms with Crippen molar-refractivity contribution in [3.8, 4) is 5.75 Å². The fourth-order valence-corrected chi connectivity index (χ4v) is 1.80. The van der Waals surface area contributed by atoms with Crippen LogP contribution in [0.3, 0.4) is 0 Å². The third-order valence-corrected chi connectivity index (χ3v) is 2.76. The van der Waals surface area contributed by atoms with Crippen LogP contribution < -0.4 is 4.74 Å². The Kier molecular flexibility index (Phi) is 3.78. The lowest BCUT2D eigenvalue weighted by molar-refractivity contribution is 0.414. The van der Waals surface area contributed by atoms with Gasteiger partial charge in [-0.3, -0.25) is 0 Å². The lowest BCUT2D eigenvalue weighted by atomic mass is 10.1. The molecule has 70 valence electrons. The van der Waals surface area contributed by atoms with Crippen LogP contribution in [0.4, 0.5) is 0 Å². The molecule has 0 spiro atoms. The minimum atomic E-state index is 0.912. The highest BCUT2D eigenvalue weighted by Crippen LogP contribution is 2.21. The molecule has 0 unspecified atom stereocenters. The summed E-state index contributed by atoms with van der Waals surface area (Å²) in [6, 6.07) is 6.12. The molecule has 0 bridgehead atoms. The number of rotatable bonds is 3. The Bertz CT molecular complexity index is 318. The first-order valence-corrected chi connectivity index (χ1v) is 5.18. The maximum atomic E-state index is 5.13. The summed E-state index contributed by atoms with van der Waals surface area (Å²) >= 11 is 2.32. The van der Waals surface area contributed by atoms with E-state index < -0.39 is 0 Å². The van der Waals surface area contributed by atoms with Crippen LogP contribution in [-0.4, -0.2) is 7.11 Å². The molecule has 1 aromatic carbocycles. The molecule has 0 saturated heterocycles. The smallest absolute Gasteiger partial charge is 0.119 e. The van der Waals surface area contributed by atoms with E-state index in [1.54, 1.807) is 7.11 Å². The molecule has 0 aliphatic carbocycles. The third kappa shape index (κ3) is 3.03. The molecule has 0 aliphatic heterocycles. The molecule has 0 aliphatic rings. The van der Waals surface area contributed by atoms with E-state index in [0.29, 0.717) is 0 Å². The van der Waals surface area contributed by atoms with Gasteiger partial charge in [0.25, 0.3) is 0 Å². The van der Waals surface area contributed by atoms with Crippen molar-refractivity contribution < 1.29 is 4.74 Å². The predicted octanol–water partition coefficient (Wildman–Crippen LogP) is 3.42. The SMILES string of the molecule is C=C(C)Cc1ccc(OC)cc1I. The van der Waals surface area contributed by atoms with Crippen LogP contribution in [-0.2, 0) is 6.42 Å². The van der Waals surface area contributed by atoms with Crippen molar-refractivity contribution in [1.82, 2.24) is 0 Å². The van der Waals surface area contributed by atoms with Crippen LogP contribution in [0.1, 0.15) is 12.5 Å². The van der Waals surface area contributed by atoms with E-state index >= 15 is 0 Å². The Morgan fingerprint density at radius 2 is 2.23 bits per heavy atom. The molecular weight excluding hydrogens is 275 g/mol. The number of hydrogen-bond acceptors (Lipinski definition) is 1. The maximum absolute atomic E-state index is 5.13. The van der Waals surface area contributed by atoms with Gasteiger partial charge in [0.05, 0.1) is 7.11 Å². The number of benzene rings is 1. The van der Waals surface area contributed by atoms with Gasteiger partial charge in [-0.15, -0.1) is 0 Å². The van der Waals surface area contributed by atoms with Gasteiger partial charge in [-0.05, 0) is 53.6 Å². The zero-order valence-electron chi connectivity index (χ0n) is 7.93. The molecule has 0 amide bonds. The van der Waals surface area contributed by atoms with Crippen molar-refractivity contribution in [3.63, 3.8) is 0 Å². The highest BCUT2D eigenvalue weighted by atomic mass is 127. The molecule has 2 heteroatoms. The quantitative estimate of drug-likeness (QED) is 0.611. The molecule has 0 N–H and O–H groups in total. The van der Waals surface area contributed by atoms with Crippen LogP contribution in [0.2, 0.25) is 0 Å². The Morgan fingerprint density at radius 3 is 2.69 bits per heavy atom. The Morgan fingerprint density at radius 1 is 1.54 bits per heavy atom. The van der Waals surface area contributed by atoms with E-state index in [9.17, 15) is 0 Å². The molecule has 0 radical (unpaired) electrons. The van der Waals surface area contributed by atoms with Crippen LogP contribution in [0, 0.1) is 3.57 Å². The fraction of sp³-hybridized carbons (Fsp3) is 0.273. The van der Waals surface area contributed by atoms with Gasteiger partial charge < -0.3 is 4.74 Å². The summed E-state index contributed by atoms with van der Waals surface area (Å²) in [5.41, 5.74) is 2.50. The van der Waals surface area contributed by atoms with Gasteiger partial charge in [-0.1, -0.05) is 18.2 Å². The van der Waals surface area contributed by atoms with E-state index in [4.69, 9.17) is 4.74 Å². The Hall–Kier alpha value is -0.510. The first-order chi connectivity index (χ1) is 6.13. The van der Waals surface area contributed by atoms with E-state index in [0.717, 1.165) is 12.2 Å². The van der Waals surface area contributed by atoms with Gasteiger partial charge in [-0.2, -0.15) is 0 Å². The Balaban J connectivity index is 2.91. The van der Waals surface area contributed by atoms with Crippen molar-refractivity contribution in [2.24, 2.45) is 0 Å². The second-order valence-electron chi connectivity index (χ2n) is 3.09. The highest BCUT2D eigenvalue weighted by Gasteiger charge is 2.01. The largest absolute Gasteiger partial charge is 0.497 e. The zero-order valence-corrected chi connectivity index (χ0v) is 10.1. The Labute approximate surface area is 92.9 Å². The normalized spacial score (nSPS) is 9.77. The van der Waals surface area contributed by atoms with E-state index in [-0.39, 0.29) is 0 Å². The van der Waals surface area contributed by atoms with Gasteiger partial charge in [0.2, 0.25) is 0 Å². The van der Waals surface area contributed by atoms with Crippen molar-refractivity contribution in [1.29, 1.82) is 0 Å². The standard InChI is InChI=1S/C11H13IO/c1-8(2)6-9-4-5-10(13-3)7-11(9)12/h4-5,7H,1,6H2,2-3H3. The first-order valence-electron chi connectivity index (χ1n) is 4.10. The van der Waals surface area contributed by atoms with Gasteiger partial charge in [0, 0.05) is 3.57 Å². The van der Waals surface area contributed by atoms with Crippen molar-refractivity contribution in [2.45, 2.75) is 13.3 Å². The van der Waals surface area contributed by atoms with Gasteiger partial charge >= 0.3 is 0 Å². The van der Waals surface area contributed by atoms with E-state index in [1.165, 1.54) is 14.7 Å². The molecule has 1 nitrogen and oxygen atoms in total. The number of allylic oxidation sites excluding steroid dienone is 1. The third-order valence-electron chi connectivity index (χ3n) is 1.75. The molecular formula is C11H13IO. The maximum Gasteiger partial charge on any atom is 0.119 e. The van der Waals surface area contributed by atoms with Crippen molar-refractivity contribution >= 4 is 22.6 Å². The second kappa shape index (κ2) is 4.65. The molecule has 1 aromatic rings. The lowest BCUT2D eigenvalue weighted by Gasteiger charge is -2.06. The summed E-state index contributed by atoms with van der Waals surface area (Å²) in [6.07, 6.45) is 0.947. The molecule has 0 fully saturated rings. The lowest BCUT2D eigenvalue weighted by Crippen LogP contribution is -1.91. The molecule has 1 rings (SSSR count). The molecule has 0 aromatic heterocycles. The number of halogens is 1. The fourth-order valence-electron chi connectivity index (χ4n) is 1.12. The van der Waals surface area contributed by atoms with Crippen LogP contribution in [0.25, 0.3) is 0 Å². The summed E-state index contributed by atoms with van der Waals surface area (Å²) in [5.74, 6) is 0.912. The van der Waals surface area contributed by atoms with Crippen molar-refractivity contribution in [3.05, 3.63) is 39.5 Å². The molecule has 13 heavy (non-hydrogen) atoms. The summed E-state index contributed by atoms with van der Waals surface area (Å²) in [6.45, 7) is 5.94. The monoisotopic (exact) mass is 288 g/mol. The van der Waals surface area contributed by atoms with Crippen molar-refractivity contribution in [2.75, 3.05) is 7.11 Å². The van der Waals surface area contributed by atoms with E-state index in [1.807, 2.05) is 19.1 Å². The summed E-state index contributed by atoms with van der Waals surface area (Å²) in [7, 11) is 1.68. The minimum absolute atomic E-state index is 0.912. The molecule has 0 saturated carbocycles. The van der Waals surface area contributed by atoms with Gasteiger partial charge in [-0.25, -0.2) is 0 Å². The van der Waals surface area contributed by atoms with Gasteiger partial charge in [0.1, 0.15) is 5.75 Å². The van der Waals surface area contributed by atoms with E-state index in [2.05, 4.69) is 35.2 Å². The number of ether oxygens (including phenoxy) is 1. The average molecular weight is 288 g/mol. The topological polar surface area (TPSA) is 9.23 Å². The summed E-state index contributed by atoms with van der Waals surface area (Å²) in [4.78, 5) is 0. The zero-order chi connectivity index (χ0) is 9.84. The van der Waals surface area contributed by atoms with Crippen LogP contribution in [0.5, 0.6) is 5.75 Å². The minimum Gasteiger partial charge on any atom is -0.497 e. The summed E-state index contributed by atoms with van der Waals surface area (Å²) < 4.78 is 6.36. The highest BCUT2D eigenvalue weighted by molar-refractivity contribution is 14.1.